The average Bonchev–Trinajstić information content (AvgIpc) is 2.33. The molecule has 0 aromatic rings. The van der Waals surface area contributed by atoms with Crippen LogP contribution in [0.1, 0.15) is 0 Å². The first kappa shape index (κ1) is 4.55. The standard InChI is InChI=1S/C5H4N4/c1-2-6-3-5-4(1)7-9-8-5/h1-2H,3H2. The van der Waals surface area contributed by atoms with E-state index in [2.05, 4.69) is 20.4 Å². The molecule has 0 N–H and O–H groups in total. The number of hydrogen-bond donors (Lipinski definition) is 0. The van der Waals surface area contributed by atoms with Crippen LogP contribution in [-0.4, -0.2) is 18.5 Å². The van der Waals surface area contributed by atoms with Gasteiger partial charge in [-0.25, -0.2) is 0 Å². The lowest BCUT2D eigenvalue weighted by atomic mass is 10.2. The zero-order chi connectivity index (χ0) is 6.10. The van der Waals surface area contributed by atoms with Crippen molar-refractivity contribution in [1.82, 2.24) is 0 Å². The van der Waals surface area contributed by atoms with Crippen LogP contribution in [0.5, 0.6) is 0 Å². The predicted molar refractivity (Wildman–Crippen MR) is 33.7 cm³/mol. The fourth-order valence-corrected chi connectivity index (χ4v) is 0.738. The van der Waals surface area contributed by atoms with Crippen molar-refractivity contribution in [3.05, 3.63) is 11.8 Å². The van der Waals surface area contributed by atoms with Crippen molar-refractivity contribution in [2.45, 2.75) is 0 Å². The molecule has 0 aromatic carbocycles. The first-order valence-electron chi connectivity index (χ1n) is 2.65. The molecule has 2 heterocycles. The fraction of sp³-hybridized carbons (Fsp3) is 0.200. The molecule has 0 fully saturated rings. The summed E-state index contributed by atoms with van der Waals surface area (Å²) in [5, 5.41) is 11.0. The highest BCUT2D eigenvalue weighted by Gasteiger charge is 2.12. The Kier molecular flexibility index (Phi) is 0.798. The van der Waals surface area contributed by atoms with Crippen LogP contribution in [0.4, 0.5) is 0 Å². The Balaban J connectivity index is 2.46. The Morgan fingerprint density at radius 3 is 3.33 bits per heavy atom. The number of rotatable bonds is 0. The maximum Gasteiger partial charge on any atom is 0.114 e. The van der Waals surface area contributed by atoms with Gasteiger partial charge < -0.3 is 0 Å². The molecule has 0 spiro atoms. The number of aliphatic imine (C=N–C) groups is 1. The van der Waals surface area contributed by atoms with Crippen molar-refractivity contribution in [2.75, 3.05) is 6.54 Å². The summed E-state index contributed by atoms with van der Waals surface area (Å²) >= 11 is 0. The molecule has 0 bridgehead atoms. The van der Waals surface area contributed by atoms with E-state index < -0.39 is 0 Å². The fourth-order valence-electron chi connectivity index (χ4n) is 0.738. The number of fused-ring (bicyclic) bond motifs is 1. The van der Waals surface area contributed by atoms with Gasteiger partial charge in [0.2, 0.25) is 0 Å². The van der Waals surface area contributed by atoms with Gasteiger partial charge in [-0.15, -0.1) is 10.2 Å². The third-order valence-corrected chi connectivity index (χ3v) is 1.19. The van der Waals surface area contributed by atoms with Gasteiger partial charge >= 0.3 is 0 Å². The zero-order valence-corrected chi connectivity index (χ0v) is 4.65. The number of hydrogen-bond acceptors (Lipinski definition) is 4. The molecule has 0 saturated carbocycles. The van der Waals surface area contributed by atoms with E-state index in [1.165, 1.54) is 0 Å². The molecule has 4 nitrogen and oxygen atoms in total. The largest absolute Gasteiger partial charge is 0.287 e. The summed E-state index contributed by atoms with van der Waals surface area (Å²) in [6, 6.07) is 0. The van der Waals surface area contributed by atoms with Crippen LogP contribution in [0.3, 0.4) is 0 Å². The third kappa shape index (κ3) is 0.595. The number of nitrogens with zero attached hydrogens (tertiary/aromatic N) is 4. The molecule has 0 radical (unpaired) electrons. The maximum absolute atomic E-state index is 3.97. The first-order chi connectivity index (χ1) is 4.47. The molecule has 0 amide bonds. The van der Waals surface area contributed by atoms with E-state index in [1.54, 1.807) is 12.3 Å². The van der Waals surface area contributed by atoms with Crippen LogP contribution in [0.15, 0.2) is 32.2 Å². The summed E-state index contributed by atoms with van der Waals surface area (Å²) < 4.78 is 0. The van der Waals surface area contributed by atoms with Crippen molar-refractivity contribution in [3.8, 4) is 0 Å². The minimum absolute atomic E-state index is 0.624. The lowest BCUT2D eigenvalue weighted by Gasteiger charge is -1.97. The van der Waals surface area contributed by atoms with Crippen molar-refractivity contribution < 1.29 is 0 Å². The van der Waals surface area contributed by atoms with E-state index in [9.17, 15) is 0 Å². The van der Waals surface area contributed by atoms with Gasteiger partial charge in [0.15, 0.2) is 0 Å². The van der Waals surface area contributed by atoms with Gasteiger partial charge in [-0.3, -0.25) is 4.99 Å². The van der Waals surface area contributed by atoms with Crippen LogP contribution >= 0.6 is 0 Å². The second-order valence-electron chi connectivity index (χ2n) is 1.78. The smallest absolute Gasteiger partial charge is 0.114 e. The van der Waals surface area contributed by atoms with Gasteiger partial charge in [0, 0.05) is 6.21 Å². The Bertz CT molecular complexity index is 246. The van der Waals surface area contributed by atoms with Gasteiger partial charge in [-0.1, -0.05) is 0 Å². The molecule has 44 valence electrons. The molecule has 0 aliphatic carbocycles. The van der Waals surface area contributed by atoms with Gasteiger partial charge in [-0.05, 0) is 11.3 Å². The molecule has 2 rings (SSSR count). The normalized spacial score (nSPS) is 21.3. The van der Waals surface area contributed by atoms with Gasteiger partial charge in [-0.2, -0.15) is 0 Å². The monoisotopic (exact) mass is 120 g/mol. The topological polar surface area (TPSA) is 49.4 Å². The second kappa shape index (κ2) is 1.58. The molecule has 9 heavy (non-hydrogen) atoms. The molecule has 0 atom stereocenters. The van der Waals surface area contributed by atoms with Crippen molar-refractivity contribution in [1.29, 1.82) is 0 Å². The predicted octanol–water partition coefficient (Wildman–Crippen LogP) is 0.776. The van der Waals surface area contributed by atoms with Crippen molar-refractivity contribution >= 4 is 11.9 Å². The van der Waals surface area contributed by atoms with E-state index in [4.69, 9.17) is 0 Å². The zero-order valence-electron chi connectivity index (χ0n) is 4.65. The minimum atomic E-state index is 0.624. The minimum Gasteiger partial charge on any atom is -0.287 e. The van der Waals surface area contributed by atoms with E-state index >= 15 is 0 Å². The summed E-state index contributed by atoms with van der Waals surface area (Å²) in [5.41, 5.74) is 1.72. The molecule has 4 heteroatoms. The van der Waals surface area contributed by atoms with Gasteiger partial charge in [0.05, 0.1) is 6.54 Å². The lowest BCUT2D eigenvalue weighted by molar-refractivity contribution is 1.10. The quantitative estimate of drug-likeness (QED) is 0.453. The van der Waals surface area contributed by atoms with Crippen LogP contribution < -0.4 is 0 Å². The van der Waals surface area contributed by atoms with E-state index in [0.29, 0.717) is 6.54 Å². The van der Waals surface area contributed by atoms with Crippen LogP contribution in [-0.2, 0) is 0 Å². The Hall–Kier alpha value is -1.32. The van der Waals surface area contributed by atoms with Gasteiger partial charge in [0.25, 0.3) is 0 Å². The van der Waals surface area contributed by atoms with Crippen LogP contribution in [0.25, 0.3) is 0 Å². The second-order valence-corrected chi connectivity index (χ2v) is 1.78. The molecule has 2 aliphatic rings. The van der Waals surface area contributed by atoms with Crippen molar-refractivity contribution in [2.24, 2.45) is 20.4 Å². The van der Waals surface area contributed by atoms with Crippen LogP contribution in [0.2, 0.25) is 0 Å². The molecular weight excluding hydrogens is 116 g/mol. The van der Waals surface area contributed by atoms with E-state index in [-0.39, 0.29) is 0 Å². The van der Waals surface area contributed by atoms with E-state index in [1.807, 2.05) is 0 Å². The first-order valence-corrected chi connectivity index (χ1v) is 2.65. The highest BCUT2D eigenvalue weighted by molar-refractivity contribution is 6.07. The summed E-state index contributed by atoms with van der Waals surface area (Å²) in [7, 11) is 0. The molecule has 2 aliphatic heterocycles. The van der Waals surface area contributed by atoms with Crippen LogP contribution in [0, 0.1) is 0 Å². The summed E-state index contributed by atoms with van der Waals surface area (Å²) in [4.78, 5) is 3.97. The Labute approximate surface area is 51.7 Å². The summed E-state index contributed by atoms with van der Waals surface area (Å²) in [6.45, 7) is 0.624. The summed E-state index contributed by atoms with van der Waals surface area (Å²) in [6.07, 6.45) is 3.53. The number of dihydropyridines is 1. The SMILES string of the molecule is C1=NCC2=NN=NC2=C1. The molecule has 0 saturated heterocycles. The number of allylic oxidation sites excluding steroid dienone is 1. The van der Waals surface area contributed by atoms with E-state index in [0.717, 1.165) is 11.4 Å². The molecule has 0 unspecified atom stereocenters. The highest BCUT2D eigenvalue weighted by atomic mass is 15.4. The maximum atomic E-state index is 3.97. The lowest BCUT2D eigenvalue weighted by Crippen LogP contribution is -2.06. The summed E-state index contributed by atoms with van der Waals surface area (Å²) in [5.74, 6) is 0. The molecular formula is C5H4N4. The Morgan fingerprint density at radius 1 is 1.44 bits per heavy atom. The molecule has 0 aromatic heterocycles. The Morgan fingerprint density at radius 2 is 2.44 bits per heavy atom. The van der Waals surface area contributed by atoms with Crippen molar-refractivity contribution in [3.63, 3.8) is 0 Å². The third-order valence-electron chi connectivity index (χ3n) is 1.19. The van der Waals surface area contributed by atoms with Gasteiger partial charge in [0.1, 0.15) is 11.4 Å². The highest BCUT2D eigenvalue weighted by Crippen LogP contribution is 2.11. The average molecular weight is 120 g/mol.